The van der Waals surface area contributed by atoms with Gasteiger partial charge >= 0.3 is 6.09 Å². The molecule has 0 fully saturated rings. The number of hydrogen-bond donors (Lipinski definition) is 2. The minimum atomic E-state index is -0.844. The van der Waals surface area contributed by atoms with Crippen LogP contribution in [0.5, 0.6) is 0 Å². The minimum absolute atomic E-state index is 0.206. The van der Waals surface area contributed by atoms with E-state index in [9.17, 15) is 14.4 Å². The third-order valence-electron chi connectivity index (χ3n) is 4.81. The maximum atomic E-state index is 13.5. The largest absolute Gasteiger partial charge is 0.444 e. The molecule has 0 saturated heterocycles. The number of hydrogen-bond acceptors (Lipinski definition) is 4. The molecule has 0 bridgehead atoms. The number of rotatable bonds is 6. The second-order valence-electron chi connectivity index (χ2n) is 10.8. The van der Waals surface area contributed by atoms with Gasteiger partial charge in [-0.1, -0.05) is 37.6 Å². The lowest BCUT2D eigenvalue weighted by Gasteiger charge is -2.35. The van der Waals surface area contributed by atoms with Crippen LogP contribution in [0.25, 0.3) is 0 Å². The smallest absolute Gasteiger partial charge is 0.408 e. The van der Waals surface area contributed by atoms with Crippen molar-refractivity contribution in [2.45, 2.75) is 92.5 Å². The monoisotopic (exact) mass is 447 g/mol. The first-order chi connectivity index (χ1) is 14.4. The van der Waals surface area contributed by atoms with E-state index in [2.05, 4.69) is 10.6 Å². The topological polar surface area (TPSA) is 87.7 Å². The van der Waals surface area contributed by atoms with Gasteiger partial charge in [-0.3, -0.25) is 9.59 Å². The molecule has 7 heteroatoms. The van der Waals surface area contributed by atoms with Crippen molar-refractivity contribution in [1.29, 1.82) is 0 Å². The van der Waals surface area contributed by atoms with Gasteiger partial charge in [0.05, 0.1) is 0 Å². The number of carbonyl (C=O) groups excluding carboxylic acids is 3. The number of amides is 3. The number of benzene rings is 1. The molecule has 1 rings (SSSR count). The first-order valence-corrected chi connectivity index (χ1v) is 11.1. The predicted octanol–water partition coefficient (Wildman–Crippen LogP) is 4.27. The Balaban J connectivity index is 3.33. The van der Waals surface area contributed by atoms with E-state index in [-0.39, 0.29) is 17.7 Å². The van der Waals surface area contributed by atoms with Crippen LogP contribution in [-0.2, 0) is 14.3 Å². The van der Waals surface area contributed by atoms with Crippen LogP contribution in [-0.4, -0.2) is 47.0 Å². The van der Waals surface area contributed by atoms with Crippen LogP contribution in [0.2, 0.25) is 0 Å². The Morgan fingerprint density at radius 2 is 1.56 bits per heavy atom. The summed E-state index contributed by atoms with van der Waals surface area (Å²) in [6.07, 6.45) is -0.667. The van der Waals surface area contributed by atoms with Crippen LogP contribution in [0.15, 0.2) is 18.2 Å². The van der Waals surface area contributed by atoms with Gasteiger partial charge in [0.2, 0.25) is 11.8 Å². The molecule has 32 heavy (non-hydrogen) atoms. The summed E-state index contributed by atoms with van der Waals surface area (Å²) in [5, 5.41) is 5.68. The molecule has 0 heterocycles. The molecule has 2 N–H and O–H groups in total. The molecule has 0 radical (unpaired) electrons. The molecule has 0 spiro atoms. The molecule has 180 valence electrons. The van der Waals surface area contributed by atoms with Crippen molar-refractivity contribution >= 4 is 17.9 Å². The highest BCUT2D eigenvalue weighted by Crippen LogP contribution is 2.26. The summed E-state index contributed by atoms with van der Waals surface area (Å²) in [4.78, 5) is 40.6. The van der Waals surface area contributed by atoms with Crippen molar-refractivity contribution in [3.8, 4) is 0 Å². The highest BCUT2D eigenvalue weighted by Gasteiger charge is 2.36. The van der Waals surface area contributed by atoms with Crippen LogP contribution in [0.4, 0.5) is 4.79 Å². The van der Waals surface area contributed by atoms with Crippen molar-refractivity contribution in [2.24, 2.45) is 5.92 Å². The number of ether oxygens (including phenoxy) is 1. The second-order valence-corrected chi connectivity index (χ2v) is 10.8. The average Bonchev–Trinajstić information content (AvgIpc) is 2.57. The van der Waals surface area contributed by atoms with Crippen LogP contribution in [0, 0.1) is 19.8 Å². The van der Waals surface area contributed by atoms with Crippen LogP contribution in [0.1, 0.15) is 78.1 Å². The zero-order chi connectivity index (χ0) is 25.0. The summed E-state index contributed by atoms with van der Waals surface area (Å²) in [5.74, 6) is -0.845. The lowest BCUT2D eigenvalue weighted by Crippen LogP contribution is -2.55. The van der Waals surface area contributed by atoms with E-state index in [1.807, 2.05) is 66.7 Å². The zero-order valence-electron chi connectivity index (χ0n) is 21.5. The number of nitrogens with one attached hydrogen (secondary N) is 2. The Morgan fingerprint density at radius 3 is 2.00 bits per heavy atom. The molecule has 0 aromatic heterocycles. The van der Waals surface area contributed by atoms with Gasteiger partial charge in [-0.25, -0.2) is 4.79 Å². The van der Waals surface area contributed by atoms with Gasteiger partial charge < -0.3 is 20.3 Å². The first kappa shape index (κ1) is 27.5. The third-order valence-corrected chi connectivity index (χ3v) is 4.81. The Kier molecular flexibility index (Phi) is 8.90. The average molecular weight is 448 g/mol. The molecule has 2 atom stereocenters. The van der Waals surface area contributed by atoms with Gasteiger partial charge in [0, 0.05) is 12.6 Å². The van der Waals surface area contributed by atoms with E-state index in [0.29, 0.717) is 0 Å². The Hall–Kier alpha value is -2.57. The Bertz CT molecular complexity index is 835. The number of carbonyl (C=O) groups is 3. The van der Waals surface area contributed by atoms with E-state index in [1.165, 1.54) is 4.90 Å². The molecule has 0 saturated carbocycles. The summed E-state index contributed by atoms with van der Waals surface area (Å²) in [5.41, 5.74) is 1.58. The van der Waals surface area contributed by atoms with E-state index < -0.39 is 29.3 Å². The van der Waals surface area contributed by atoms with Crippen molar-refractivity contribution < 1.29 is 19.1 Å². The van der Waals surface area contributed by atoms with Crippen molar-refractivity contribution in [3.05, 3.63) is 34.9 Å². The summed E-state index contributed by atoms with van der Waals surface area (Å²) in [7, 11) is 1.60. The molecular formula is C25H41N3O4. The van der Waals surface area contributed by atoms with E-state index in [1.54, 1.807) is 27.8 Å². The molecule has 3 amide bonds. The van der Waals surface area contributed by atoms with Gasteiger partial charge in [0.25, 0.3) is 0 Å². The Labute approximate surface area is 193 Å². The molecule has 1 aromatic carbocycles. The minimum Gasteiger partial charge on any atom is -0.444 e. The molecule has 0 aliphatic heterocycles. The van der Waals surface area contributed by atoms with Crippen LogP contribution < -0.4 is 10.6 Å². The van der Waals surface area contributed by atoms with Gasteiger partial charge in [-0.15, -0.1) is 0 Å². The SMILES string of the molecule is Cc1ccc(C(C(=O)NC(C)(C)C)N(C)C(=O)C(NC(=O)OC(C)(C)C)C(C)C)c(C)c1. The molecular weight excluding hydrogens is 406 g/mol. The number of nitrogens with zero attached hydrogens (tertiary/aromatic N) is 1. The fourth-order valence-electron chi connectivity index (χ4n) is 3.39. The predicted molar refractivity (Wildman–Crippen MR) is 127 cm³/mol. The highest BCUT2D eigenvalue weighted by molar-refractivity contribution is 5.92. The molecule has 0 aliphatic rings. The normalized spacial score (nSPS) is 13.9. The summed E-state index contributed by atoms with van der Waals surface area (Å²) in [6.45, 7) is 18.6. The highest BCUT2D eigenvalue weighted by atomic mass is 16.6. The van der Waals surface area contributed by atoms with Gasteiger partial charge in [0.1, 0.15) is 17.7 Å². The van der Waals surface area contributed by atoms with Crippen molar-refractivity contribution in [1.82, 2.24) is 15.5 Å². The van der Waals surface area contributed by atoms with Crippen LogP contribution >= 0.6 is 0 Å². The maximum absolute atomic E-state index is 13.5. The van der Waals surface area contributed by atoms with E-state index >= 15 is 0 Å². The second kappa shape index (κ2) is 10.4. The summed E-state index contributed by atoms with van der Waals surface area (Å²) < 4.78 is 5.34. The third kappa shape index (κ3) is 8.17. The van der Waals surface area contributed by atoms with E-state index in [4.69, 9.17) is 4.74 Å². The number of alkyl carbamates (subject to hydrolysis) is 1. The van der Waals surface area contributed by atoms with E-state index in [0.717, 1.165) is 16.7 Å². The lowest BCUT2D eigenvalue weighted by molar-refractivity contribution is -0.142. The maximum Gasteiger partial charge on any atom is 0.408 e. The summed E-state index contributed by atoms with van der Waals surface area (Å²) in [6, 6.07) is 4.11. The van der Waals surface area contributed by atoms with Gasteiger partial charge in [0.15, 0.2) is 0 Å². The molecule has 0 aliphatic carbocycles. The number of likely N-dealkylation sites (N-methyl/N-ethyl adjacent to an activating group) is 1. The fourth-order valence-corrected chi connectivity index (χ4v) is 3.39. The summed E-state index contributed by atoms with van der Waals surface area (Å²) >= 11 is 0. The number of aryl methyl sites for hydroxylation is 2. The van der Waals surface area contributed by atoms with Crippen molar-refractivity contribution in [2.75, 3.05) is 7.05 Å². The lowest BCUT2D eigenvalue weighted by atomic mass is 9.95. The zero-order valence-corrected chi connectivity index (χ0v) is 21.5. The van der Waals surface area contributed by atoms with Gasteiger partial charge in [-0.2, -0.15) is 0 Å². The quantitative estimate of drug-likeness (QED) is 0.682. The van der Waals surface area contributed by atoms with Crippen molar-refractivity contribution in [3.63, 3.8) is 0 Å². The standard InChI is InChI=1S/C25H41N3O4/c1-15(2)19(26-23(31)32-25(8,9)10)22(30)28(11)20(21(29)27-24(5,6)7)18-13-12-16(3)14-17(18)4/h12-15,19-20H,1-11H3,(H,26,31)(H,27,29). The van der Waals surface area contributed by atoms with Crippen LogP contribution in [0.3, 0.4) is 0 Å². The molecule has 2 unspecified atom stereocenters. The molecule has 1 aromatic rings. The first-order valence-electron chi connectivity index (χ1n) is 11.1. The molecule has 7 nitrogen and oxygen atoms in total. The van der Waals surface area contributed by atoms with Gasteiger partial charge in [-0.05, 0) is 72.4 Å². The Morgan fingerprint density at radius 1 is 1.00 bits per heavy atom. The fraction of sp³-hybridized carbons (Fsp3) is 0.640.